The molecule has 1 aliphatic heterocycles. The molecule has 1 aliphatic rings. The van der Waals surface area contributed by atoms with Gasteiger partial charge in [0.2, 0.25) is 0 Å². The molecule has 0 radical (unpaired) electrons. The van der Waals surface area contributed by atoms with Crippen LogP contribution in [0.25, 0.3) is 0 Å². The summed E-state index contributed by atoms with van der Waals surface area (Å²) in [6, 6.07) is 0. The molecule has 10 heavy (non-hydrogen) atoms. The molecule has 1 rings (SSSR count). The van der Waals surface area contributed by atoms with Crippen molar-refractivity contribution in [1.82, 2.24) is 0 Å². The lowest BCUT2D eigenvalue weighted by atomic mass is 10.3. The Balaban J connectivity index is 1.96. The van der Waals surface area contributed by atoms with Crippen LogP contribution in [0, 0.1) is 0 Å². The highest BCUT2D eigenvalue weighted by Gasteiger charge is 2.14. The molecule has 1 unspecified atom stereocenters. The molecular formula is C7H12O2S. The molecule has 0 amide bonds. The lowest BCUT2D eigenvalue weighted by Gasteiger charge is -2.05. The normalized spacial score (nSPS) is 25.0. The maximum absolute atomic E-state index is 9.92. The van der Waals surface area contributed by atoms with Gasteiger partial charge in [-0.25, -0.2) is 0 Å². The van der Waals surface area contributed by atoms with Crippen molar-refractivity contribution in [2.45, 2.75) is 18.9 Å². The van der Waals surface area contributed by atoms with Crippen LogP contribution in [-0.4, -0.2) is 30.5 Å². The molecule has 1 saturated heterocycles. The van der Waals surface area contributed by atoms with Crippen LogP contribution >= 0.6 is 11.8 Å². The number of hydrogen-bond acceptors (Lipinski definition) is 3. The van der Waals surface area contributed by atoms with Crippen molar-refractivity contribution in [3.63, 3.8) is 0 Å². The first-order chi connectivity index (χ1) is 4.93. The zero-order chi connectivity index (χ0) is 7.23. The van der Waals surface area contributed by atoms with E-state index in [1.54, 1.807) is 11.8 Å². The highest BCUT2D eigenvalue weighted by atomic mass is 32.2. The van der Waals surface area contributed by atoms with Crippen LogP contribution < -0.4 is 0 Å². The summed E-state index contributed by atoms with van der Waals surface area (Å²) in [7, 11) is 0. The van der Waals surface area contributed by atoms with E-state index in [1.165, 1.54) is 12.8 Å². The Morgan fingerprint density at radius 3 is 3.20 bits per heavy atom. The maximum atomic E-state index is 9.92. The number of ether oxygens (including phenoxy) is 1. The second-order valence-corrected chi connectivity index (χ2v) is 3.41. The van der Waals surface area contributed by atoms with E-state index in [4.69, 9.17) is 4.74 Å². The van der Waals surface area contributed by atoms with Crippen molar-refractivity contribution >= 4 is 18.0 Å². The summed E-state index contributed by atoms with van der Waals surface area (Å²) in [4.78, 5) is 9.92. The molecule has 0 N–H and O–H groups in total. The van der Waals surface area contributed by atoms with Gasteiger partial charge in [-0.15, -0.1) is 0 Å². The fraction of sp³-hybridized carbons (Fsp3) is 0.857. The quantitative estimate of drug-likeness (QED) is 0.455. The minimum absolute atomic E-state index is 0.421. The molecular weight excluding hydrogens is 148 g/mol. The number of aldehydes is 1. The summed E-state index contributed by atoms with van der Waals surface area (Å²) in [6.45, 7) is 0.909. The average molecular weight is 160 g/mol. The monoisotopic (exact) mass is 160 g/mol. The lowest BCUT2D eigenvalue weighted by molar-refractivity contribution is -0.105. The third kappa shape index (κ3) is 2.71. The Kier molecular flexibility index (Phi) is 3.83. The zero-order valence-electron chi connectivity index (χ0n) is 5.91. The van der Waals surface area contributed by atoms with E-state index in [0.717, 1.165) is 18.6 Å². The number of hydrogen-bond donors (Lipinski definition) is 0. The Hall–Kier alpha value is -0.0200. The second-order valence-electron chi connectivity index (χ2n) is 2.34. The van der Waals surface area contributed by atoms with Crippen molar-refractivity contribution in [2.75, 3.05) is 18.1 Å². The summed E-state index contributed by atoms with van der Waals surface area (Å²) < 4.78 is 5.36. The smallest absolute Gasteiger partial charge is 0.129 e. The van der Waals surface area contributed by atoms with Crippen molar-refractivity contribution < 1.29 is 9.53 Å². The lowest BCUT2D eigenvalue weighted by Crippen LogP contribution is -2.08. The van der Waals surface area contributed by atoms with E-state index in [-0.39, 0.29) is 0 Å². The van der Waals surface area contributed by atoms with Crippen LogP contribution in [0.15, 0.2) is 0 Å². The van der Waals surface area contributed by atoms with Gasteiger partial charge in [-0.2, -0.15) is 11.8 Å². The van der Waals surface area contributed by atoms with Crippen molar-refractivity contribution in [3.05, 3.63) is 0 Å². The van der Waals surface area contributed by atoms with Crippen LogP contribution in [-0.2, 0) is 9.53 Å². The number of thioether (sulfide) groups is 1. The standard InChI is InChI=1S/C7H12O2S/c8-3-5-10-6-7-2-1-4-9-7/h3,7H,1-2,4-6H2. The van der Waals surface area contributed by atoms with E-state index in [9.17, 15) is 4.79 Å². The molecule has 0 aromatic heterocycles. The van der Waals surface area contributed by atoms with E-state index in [0.29, 0.717) is 11.9 Å². The SMILES string of the molecule is O=CCSCC1CCCO1. The molecule has 2 nitrogen and oxygen atoms in total. The van der Waals surface area contributed by atoms with Crippen LogP contribution in [0.5, 0.6) is 0 Å². The maximum Gasteiger partial charge on any atom is 0.129 e. The Morgan fingerprint density at radius 1 is 1.70 bits per heavy atom. The molecule has 0 bridgehead atoms. The first kappa shape index (κ1) is 8.08. The molecule has 58 valence electrons. The van der Waals surface area contributed by atoms with Crippen molar-refractivity contribution in [2.24, 2.45) is 0 Å². The number of carbonyl (C=O) groups excluding carboxylic acids is 1. The first-order valence-corrected chi connectivity index (χ1v) is 4.72. The largest absolute Gasteiger partial charge is 0.377 e. The average Bonchev–Trinajstić information content (AvgIpc) is 2.41. The Bertz CT molecular complexity index is 99.8. The molecule has 0 aliphatic carbocycles. The molecule has 0 aromatic carbocycles. The van der Waals surface area contributed by atoms with Gasteiger partial charge in [-0.3, -0.25) is 0 Å². The fourth-order valence-corrected chi connectivity index (χ4v) is 1.78. The minimum Gasteiger partial charge on any atom is -0.377 e. The van der Waals surface area contributed by atoms with Crippen molar-refractivity contribution in [3.8, 4) is 0 Å². The van der Waals surface area contributed by atoms with Gasteiger partial charge in [0.1, 0.15) is 6.29 Å². The van der Waals surface area contributed by atoms with Gasteiger partial charge in [0.15, 0.2) is 0 Å². The van der Waals surface area contributed by atoms with E-state index in [1.807, 2.05) is 0 Å². The minimum atomic E-state index is 0.421. The van der Waals surface area contributed by atoms with Gasteiger partial charge in [0.25, 0.3) is 0 Å². The summed E-state index contributed by atoms with van der Waals surface area (Å²) in [5.74, 6) is 1.60. The second kappa shape index (κ2) is 4.74. The zero-order valence-corrected chi connectivity index (χ0v) is 6.73. The van der Waals surface area contributed by atoms with Gasteiger partial charge in [-0.1, -0.05) is 0 Å². The van der Waals surface area contributed by atoms with Crippen LogP contribution in [0.4, 0.5) is 0 Å². The van der Waals surface area contributed by atoms with Crippen LogP contribution in [0.1, 0.15) is 12.8 Å². The molecule has 3 heteroatoms. The van der Waals surface area contributed by atoms with E-state index in [2.05, 4.69) is 0 Å². The third-order valence-corrected chi connectivity index (χ3v) is 2.49. The van der Waals surface area contributed by atoms with E-state index < -0.39 is 0 Å². The third-order valence-electron chi connectivity index (χ3n) is 1.51. The van der Waals surface area contributed by atoms with Crippen molar-refractivity contribution in [1.29, 1.82) is 0 Å². The highest BCUT2D eigenvalue weighted by molar-refractivity contribution is 7.99. The molecule has 1 atom stereocenters. The predicted octanol–water partition coefficient (Wildman–Crippen LogP) is 1.10. The number of carbonyl (C=O) groups is 1. The molecule has 0 spiro atoms. The Labute approximate surface area is 65.3 Å². The van der Waals surface area contributed by atoms with Gasteiger partial charge in [0, 0.05) is 18.1 Å². The molecule has 0 saturated carbocycles. The highest BCUT2D eigenvalue weighted by Crippen LogP contribution is 2.16. The Morgan fingerprint density at radius 2 is 2.60 bits per heavy atom. The molecule has 1 fully saturated rings. The van der Waals surface area contributed by atoms with Crippen LogP contribution in [0.3, 0.4) is 0 Å². The predicted molar refractivity (Wildman–Crippen MR) is 42.4 cm³/mol. The topological polar surface area (TPSA) is 26.3 Å². The number of rotatable bonds is 4. The van der Waals surface area contributed by atoms with Gasteiger partial charge >= 0.3 is 0 Å². The van der Waals surface area contributed by atoms with Gasteiger partial charge in [0.05, 0.1) is 6.10 Å². The molecule has 0 aromatic rings. The fourth-order valence-electron chi connectivity index (χ4n) is 1.02. The van der Waals surface area contributed by atoms with E-state index >= 15 is 0 Å². The van der Waals surface area contributed by atoms with Gasteiger partial charge < -0.3 is 9.53 Å². The summed E-state index contributed by atoms with van der Waals surface area (Å²) >= 11 is 1.66. The summed E-state index contributed by atoms with van der Waals surface area (Å²) in [5.41, 5.74) is 0. The first-order valence-electron chi connectivity index (χ1n) is 3.56. The summed E-state index contributed by atoms with van der Waals surface area (Å²) in [6.07, 6.45) is 3.72. The van der Waals surface area contributed by atoms with Crippen LogP contribution in [0.2, 0.25) is 0 Å². The van der Waals surface area contributed by atoms with Gasteiger partial charge in [-0.05, 0) is 12.8 Å². The summed E-state index contributed by atoms with van der Waals surface area (Å²) in [5, 5.41) is 0. The molecule has 1 heterocycles.